The van der Waals surface area contributed by atoms with Crippen LogP contribution in [0.4, 0.5) is 5.69 Å². The van der Waals surface area contributed by atoms with Crippen molar-refractivity contribution >= 4 is 33.6 Å². The number of imidazole rings is 1. The Hall–Kier alpha value is -4.06. The fourth-order valence-corrected chi connectivity index (χ4v) is 6.32. The molecule has 0 amide bonds. The summed E-state index contributed by atoms with van der Waals surface area (Å²) in [5.74, 6) is 0.614. The molecule has 0 spiro atoms. The minimum Gasteiger partial charge on any atom is -0.465 e. The second-order valence-electron chi connectivity index (χ2n) is 10.8. The molecule has 1 aliphatic heterocycles. The number of anilines is 1. The number of aromatic nitrogens is 3. The summed E-state index contributed by atoms with van der Waals surface area (Å²) in [5, 5.41) is 5.04. The molecule has 0 atom stereocenters. The van der Waals surface area contributed by atoms with Gasteiger partial charge in [0.25, 0.3) is 0 Å². The van der Waals surface area contributed by atoms with Gasteiger partial charge in [-0.2, -0.15) is 0 Å². The van der Waals surface area contributed by atoms with E-state index in [4.69, 9.17) is 9.72 Å². The van der Waals surface area contributed by atoms with Gasteiger partial charge in [-0.05, 0) is 75.2 Å². The van der Waals surface area contributed by atoms with Crippen LogP contribution in [-0.4, -0.2) is 27.2 Å². The predicted molar refractivity (Wildman–Crippen MR) is 147 cm³/mol. The van der Waals surface area contributed by atoms with Crippen molar-refractivity contribution in [3.8, 4) is 17.1 Å². The number of esters is 1. The first-order chi connectivity index (χ1) is 17.9. The second-order valence-corrected chi connectivity index (χ2v) is 10.8. The second kappa shape index (κ2) is 7.97. The topological polar surface area (TPSA) is 61.1 Å². The largest absolute Gasteiger partial charge is 0.465 e. The maximum Gasteiger partial charge on any atom is 0.337 e. The highest BCUT2D eigenvalue weighted by atomic mass is 16.5. The third-order valence-electron chi connectivity index (χ3n) is 8.09. The Morgan fingerprint density at radius 1 is 1.00 bits per heavy atom. The van der Waals surface area contributed by atoms with Crippen LogP contribution in [-0.2, 0) is 10.3 Å². The van der Waals surface area contributed by atoms with Gasteiger partial charge in [0.05, 0.1) is 46.1 Å². The standard InChI is InChI=1S/C31H30N4O2/c1-31(2)28-18-19-8-4-7-11-25(19)35(28)27-14-12-20(16-24(27)33-31)29-32-23-17-21(30(36)37-3)13-15-26(23)34(29)22-9-5-6-10-22/h4,7-8,11-18,22,33H,5-6,9-10H2,1-3H3. The van der Waals surface area contributed by atoms with Crippen molar-refractivity contribution < 1.29 is 9.53 Å². The first-order valence-corrected chi connectivity index (χ1v) is 13.1. The lowest BCUT2D eigenvalue weighted by Gasteiger charge is -2.36. The monoisotopic (exact) mass is 490 g/mol. The molecule has 1 N–H and O–H groups in total. The van der Waals surface area contributed by atoms with Gasteiger partial charge < -0.3 is 19.2 Å². The van der Waals surface area contributed by atoms with Crippen LogP contribution >= 0.6 is 0 Å². The van der Waals surface area contributed by atoms with Gasteiger partial charge in [-0.3, -0.25) is 0 Å². The van der Waals surface area contributed by atoms with Crippen LogP contribution in [0.5, 0.6) is 0 Å². The van der Waals surface area contributed by atoms with Gasteiger partial charge in [0.1, 0.15) is 5.82 Å². The molecule has 2 aromatic heterocycles. The van der Waals surface area contributed by atoms with E-state index in [-0.39, 0.29) is 11.5 Å². The van der Waals surface area contributed by atoms with E-state index in [1.165, 1.54) is 36.5 Å². The SMILES string of the molecule is COC(=O)c1ccc2c(c1)nc(-c1ccc3c(c1)NC(C)(C)c1cc4ccccc4n1-3)n2C1CCCC1. The molecule has 3 aromatic carbocycles. The van der Waals surface area contributed by atoms with Crippen molar-refractivity contribution in [3.63, 3.8) is 0 Å². The normalized spacial score (nSPS) is 16.5. The highest BCUT2D eigenvalue weighted by molar-refractivity contribution is 5.95. The third-order valence-corrected chi connectivity index (χ3v) is 8.09. The fraction of sp³-hybridized carbons (Fsp3) is 0.290. The predicted octanol–water partition coefficient (Wildman–Crippen LogP) is 7.21. The van der Waals surface area contributed by atoms with Gasteiger partial charge in [-0.15, -0.1) is 0 Å². The van der Waals surface area contributed by atoms with Crippen molar-refractivity contribution in [1.29, 1.82) is 0 Å². The molecule has 7 rings (SSSR count). The number of carbonyl (C=O) groups excluding carboxylic acids is 1. The summed E-state index contributed by atoms with van der Waals surface area (Å²) in [4.78, 5) is 17.3. The molecule has 1 fully saturated rings. The summed E-state index contributed by atoms with van der Waals surface area (Å²) in [5.41, 5.74) is 7.98. The third kappa shape index (κ3) is 3.31. The van der Waals surface area contributed by atoms with Crippen LogP contribution < -0.4 is 5.32 Å². The number of hydrogen-bond acceptors (Lipinski definition) is 4. The number of nitrogens with one attached hydrogen (secondary N) is 1. The van der Waals surface area contributed by atoms with Crippen LogP contribution in [0.2, 0.25) is 0 Å². The van der Waals surface area contributed by atoms with Crippen LogP contribution in [0.15, 0.2) is 66.7 Å². The number of ether oxygens (including phenoxy) is 1. The van der Waals surface area contributed by atoms with Crippen molar-refractivity contribution in [1.82, 2.24) is 14.1 Å². The van der Waals surface area contributed by atoms with Gasteiger partial charge in [-0.1, -0.05) is 31.0 Å². The van der Waals surface area contributed by atoms with Crippen molar-refractivity contribution in [2.24, 2.45) is 0 Å². The summed E-state index contributed by atoms with van der Waals surface area (Å²) in [7, 11) is 1.41. The zero-order valence-electron chi connectivity index (χ0n) is 21.4. The maximum atomic E-state index is 12.2. The lowest BCUT2D eigenvalue weighted by atomic mass is 9.96. The molecule has 0 bridgehead atoms. The Labute approximate surface area is 215 Å². The lowest BCUT2D eigenvalue weighted by Crippen LogP contribution is -2.34. The Kier molecular flexibility index (Phi) is 4.77. The molecule has 3 heterocycles. The molecule has 1 aliphatic carbocycles. The Balaban J connectivity index is 1.42. The summed E-state index contributed by atoms with van der Waals surface area (Å²) in [6.45, 7) is 4.46. The zero-order valence-corrected chi connectivity index (χ0v) is 21.4. The number of fused-ring (bicyclic) bond motifs is 6. The van der Waals surface area contributed by atoms with E-state index in [0.29, 0.717) is 11.6 Å². The Morgan fingerprint density at radius 2 is 1.81 bits per heavy atom. The lowest BCUT2D eigenvalue weighted by molar-refractivity contribution is 0.0601. The van der Waals surface area contributed by atoms with Gasteiger partial charge in [0.2, 0.25) is 0 Å². The number of carbonyl (C=O) groups is 1. The van der Waals surface area contributed by atoms with E-state index in [9.17, 15) is 4.79 Å². The molecular weight excluding hydrogens is 460 g/mol. The molecule has 0 saturated heterocycles. The van der Waals surface area contributed by atoms with E-state index in [1.807, 2.05) is 18.2 Å². The minimum atomic E-state index is -0.339. The van der Waals surface area contributed by atoms with Crippen LogP contribution in [0.3, 0.4) is 0 Å². The molecule has 6 heteroatoms. The Morgan fingerprint density at radius 3 is 2.62 bits per heavy atom. The average Bonchev–Trinajstić information content (AvgIpc) is 3.64. The number of nitrogens with zero attached hydrogens (tertiary/aromatic N) is 3. The number of hydrogen-bond donors (Lipinski definition) is 1. The van der Waals surface area contributed by atoms with E-state index >= 15 is 0 Å². The number of para-hydroxylation sites is 1. The molecule has 186 valence electrons. The van der Waals surface area contributed by atoms with E-state index in [1.54, 1.807) is 0 Å². The first kappa shape index (κ1) is 22.2. The molecule has 1 saturated carbocycles. The average molecular weight is 491 g/mol. The summed E-state index contributed by atoms with van der Waals surface area (Å²) in [6, 6.07) is 23.6. The molecular formula is C31H30N4O2. The molecule has 0 radical (unpaired) electrons. The van der Waals surface area contributed by atoms with Crippen LogP contribution in [0, 0.1) is 0 Å². The molecule has 6 nitrogen and oxygen atoms in total. The van der Waals surface area contributed by atoms with Crippen molar-refractivity contribution in [2.75, 3.05) is 12.4 Å². The van der Waals surface area contributed by atoms with Gasteiger partial charge in [0, 0.05) is 22.7 Å². The summed E-state index contributed by atoms with van der Waals surface area (Å²) in [6.07, 6.45) is 4.75. The van der Waals surface area contributed by atoms with E-state index in [2.05, 4.69) is 76.8 Å². The maximum absolute atomic E-state index is 12.2. The number of benzene rings is 3. The Bertz CT molecular complexity index is 1700. The van der Waals surface area contributed by atoms with E-state index < -0.39 is 0 Å². The van der Waals surface area contributed by atoms with E-state index in [0.717, 1.165) is 46.6 Å². The number of rotatable bonds is 3. The van der Waals surface area contributed by atoms with Crippen molar-refractivity contribution in [2.45, 2.75) is 51.1 Å². The molecule has 2 aliphatic rings. The summed E-state index contributed by atoms with van der Waals surface area (Å²) < 4.78 is 9.74. The highest BCUT2D eigenvalue weighted by Crippen LogP contribution is 2.43. The van der Waals surface area contributed by atoms with Gasteiger partial charge in [0.15, 0.2) is 0 Å². The quantitative estimate of drug-likeness (QED) is 0.272. The van der Waals surface area contributed by atoms with Crippen molar-refractivity contribution in [3.05, 3.63) is 78.0 Å². The van der Waals surface area contributed by atoms with Crippen LogP contribution in [0.25, 0.3) is 39.0 Å². The minimum absolute atomic E-state index is 0.231. The zero-order chi connectivity index (χ0) is 25.3. The van der Waals surface area contributed by atoms with Crippen LogP contribution in [0.1, 0.15) is 61.6 Å². The van der Waals surface area contributed by atoms with Gasteiger partial charge in [-0.25, -0.2) is 9.78 Å². The van der Waals surface area contributed by atoms with Gasteiger partial charge >= 0.3 is 5.97 Å². The fourth-order valence-electron chi connectivity index (χ4n) is 6.32. The molecule has 5 aromatic rings. The summed E-state index contributed by atoms with van der Waals surface area (Å²) >= 11 is 0. The number of methoxy groups -OCH3 is 1. The molecule has 37 heavy (non-hydrogen) atoms. The highest BCUT2D eigenvalue weighted by Gasteiger charge is 2.33. The molecule has 0 unspecified atom stereocenters. The smallest absolute Gasteiger partial charge is 0.337 e. The first-order valence-electron chi connectivity index (χ1n) is 13.1.